The molecule has 0 bridgehead atoms. The molecule has 0 spiro atoms. The van der Waals surface area contributed by atoms with Gasteiger partial charge in [0.15, 0.2) is 5.78 Å². The van der Waals surface area contributed by atoms with E-state index in [0.717, 1.165) is 31.8 Å². The van der Waals surface area contributed by atoms with Crippen LogP contribution in [0, 0.1) is 5.82 Å². The second kappa shape index (κ2) is 6.00. The van der Waals surface area contributed by atoms with E-state index in [1.54, 1.807) is 6.07 Å². The Kier molecular flexibility index (Phi) is 3.82. The zero-order chi connectivity index (χ0) is 16.7. The Balaban J connectivity index is 1.63. The van der Waals surface area contributed by atoms with Crippen molar-refractivity contribution in [2.75, 3.05) is 18.0 Å². The van der Waals surface area contributed by atoms with E-state index in [1.165, 1.54) is 25.8 Å². The highest BCUT2D eigenvalue weighted by Gasteiger charge is 2.32. The Morgan fingerprint density at radius 1 is 1.29 bits per heavy atom. The van der Waals surface area contributed by atoms with Crippen LogP contribution in [0.1, 0.15) is 60.7 Å². The number of Topliss-reactive ketones (excluding diaryl/α,β-unsaturated/α-hetero) is 1. The molecule has 0 radical (unpaired) electrons. The van der Waals surface area contributed by atoms with Crippen LogP contribution in [0.25, 0.3) is 0 Å². The number of carbonyl (C=O) groups is 1. The minimum Gasteiger partial charge on any atom is -0.370 e. The van der Waals surface area contributed by atoms with Gasteiger partial charge in [0, 0.05) is 25.0 Å². The van der Waals surface area contributed by atoms with Gasteiger partial charge in [-0.05, 0) is 44.7 Å². The highest BCUT2D eigenvalue weighted by molar-refractivity contribution is 6.00. The predicted molar refractivity (Wildman–Crippen MR) is 88.9 cm³/mol. The van der Waals surface area contributed by atoms with Gasteiger partial charge in [-0.15, -0.1) is 10.2 Å². The van der Waals surface area contributed by atoms with Crippen molar-refractivity contribution >= 4 is 11.5 Å². The number of nitrogens with zero attached hydrogens (tertiary/aromatic N) is 4. The number of ketones is 1. The van der Waals surface area contributed by atoms with E-state index in [-0.39, 0.29) is 17.3 Å². The molecule has 1 unspecified atom stereocenters. The van der Waals surface area contributed by atoms with Crippen molar-refractivity contribution in [3.05, 3.63) is 41.7 Å². The van der Waals surface area contributed by atoms with Crippen molar-refractivity contribution in [1.29, 1.82) is 0 Å². The average Bonchev–Trinajstić information content (AvgIpc) is 3.31. The van der Waals surface area contributed by atoms with Gasteiger partial charge in [0.25, 0.3) is 0 Å². The molecular formula is C18H21FN4O. The second-order valence-corrected chi connectivity index (χ2v) is 6.80. The normalized spacial score (nSPS) is 21.1. The summed E-state index contributed by atoms with van der Waals surface area (Å²) in [7, 11) is 0. The minimum absolute atomic E-state index is 0.196. The maximum Gasteiger partial charge on any atom is 0.164 e. The Hall–Kier alpha value is -2.24. The molecule has 2 fully saturated rings. The molecule has 0 N–H and O–H groups in total. The zero-order valence-electron chi connectivity index (χ0n) is 13.8. The van der Waals surface area contributed by atoms with Crippen molar-refractivity contribution in [2.24, 2.45) is 0 Å². The molecule has 2 heterocycles. The lowest BCUT2D eigenvalue weighted by Gasteiger charge is -2.35. The number of halogens is 1. The first kappa shape index (κ1) is 15.3. The van der Waals surface area contributed by atoms with Crippen LogP contribution >= 0.6 is 0 Å². The molecule has 1 aliphatic carbocycles. The van der Waals surface area contributed by atoms with Crippen LogP contribution in [-0.2, 0) is 0 Å². The SMILES string of the molecule is CC(=O)c1c(F)cccc1N1CCCC(c2nncn2C2CC2)C1. The molecular weight excluding hydrogens is 307 g/mol. The van der Waals surface area contributed by atoms with E-state index in [4.69, 9.17) is 0 Å². The number of anilines is 1. The number of carbonyl (C=O) groups excluding carboxylic acids is 1. The topological polar surface area (TPSA) is 51.0 Å². The molecule has 1 aromatic heterocycles. The summed E-state index contributed by atoms with van der Waals surface area (Å²) in [6, 6.07) is 5.42. The third kappa shape index (κ3) is 2.70. The van der Waals surface area contributed by atoms with Crippen LogP contribution in [0.5, 0.6) is 0 Å². The molecule has 2 aliphatic rings. The van der Waals surface area contributed by atoms with Gasteiger partial charge in [-0.25, -0.2) is 4.39 Å². The van der Waals surface area contributed by atoms with Crippen molar-refractivity contribution in [1.82, 2.24) is 14.8 Å². The van der Waals surface area contributed by atoms with Crippen LogP contribution in [0.15, 0.2) is 24.5 Å². The highest BCUT2D eigenvalue weighted by Crippen LogP contribution is 2.39. The van der Waals surface area contributed by atoms with Gasteiger partial charge in [-0.3, -0.25) is 4.79 Å². The van der Waals surface area contributed by atoms with E-state index in [1.807, 2.05) is 12.4 Å². The van der Waals surface area contributed by atoms with E-state index in [2.05, 4.69) is 19.7 Å². The fraction of sp³-hybridized carbons (Fsp3) is 0.500. The maximum atomic E-state index is 14.1. The van der Waals surface area contributed by atoms with Crippen LogP contribution in [0.3, 0.4) is 0 Å². The number of hydrogen-bond acceptors (Lipinski definition) is 4. The molecule has 0 amide bonds. The summed E-state index contributed by atoms with van der Waals surface area (Å²) in [5.41, 5.74) is 0.895. The fourth-order valence-corrected chi connectivity index (χ4v) is 3.71. The first-order chi connectivity index (χ1) is 11.6. The molecule has 6 heteroatoms. The van der Waals surface area contributed by atoms with Crippen molar-refractivity contribution in [2.45, 2.75) is 44.6 Å². The summed E-state index contributed by atoms with van der Waals surface area (Å²) in [6.45, 7) is 3.00. The fourth-order valence-electron chi connectivity index (χ4n) is 3.71. The molecule has 5 nitrogen and oxygen atoms in total. The van der Waals surface area contributed by atoms with Crippen LogP contribution < -0.4 is 4.90 Å². The van der Waals surface area contributed by atoms with Gasteiger partial charge in [0.2, 0.25) is 0 Å². The molecule has 126 valence electrons. The average molecular weight is 328 g/mol. The van der Waals surface area contributed by atoms with Crippen molar-refractivity contribution in [3.63, 3.8) is 0 Å². The number of piperidine rings is 1. The molecule has 1 saturated heterocycles. The lowest BCUT2D eigenvalue weighted by Crippen LogP contribution is -2.36. The molecule has 2 aromatic rings. The van der Waals surface area contributed by atoms with Gasteiger partial charge >= 0.3 is 0 Å². The maximum absolute atomic E-state index is 14.1. The molecule has 24 heavy (non-hydrogen) atoms. The van der Waals surface area contributed by atoms with E-state index < -0.39 is 5.82 Å². The summed E-state index contributed by atoms with van der Waals surface area (Å²) < 4.78 is 16.3. The third-order valence-electron chi connectivity index (χ3n) is 5.01. The predicted octanol–water partition coefficient (Wildman–Crippen LogP) is 3.34. The first-order valence-corrected chi connectivity index (χ1v) is 8.59. The standard InChI is InChI=1S/C18H21FN4O/c1-12(24)17-15(19)5-2-6-16(17)22-9-3-4-13(10-22)18-21-20-11-23(18)14-7-8-14/h2,5-6,11,13-14H,3-4,7-10H2,1H3. The summed E-state index contributed by atoms with van der Waals surface area (Å²) >= 11 is 0. The zero-order valence-corrected chi connectivity index (χ0v) is 13.8. The Morgan fingerprint density at radius 3 is 2.88 bits per heavy atom. The van der Waals surface area contributed by atoms with Gasteiger partial charge in [0.05, 0.1) is 11.3 Å². The lowest BCUT2D eigenvalue weighted by atomic mass is 9.95. The number of hydrogen-bond donors (Lipinski definition) is 0. The lowest BCUT2D eigenvalue weighted by molar-refractivity contribution is 0.101. The van der Waals surface area contributed by atoms with Crippen molar-refractivity contribution < 1.29 is 9.18 Å². The summed E-state index contributed by atoms with van der Waals surface area (Å²) in [5, 5.41) is 8.45. The number of rotatable bonds is 4. The third-order valence-corrected chi connectivity index (χ3v) is 5.01. The molecule has 1 atom stereocenters. The summed E-state index contributed by atoms with van der Waals surface area (Å²) in [4.78, 5) is 14.0. The molecule has 1 aromatic carbocycles. The monoisotopic (exact) mass is 328 g/mol. The molecule has 1 saturated carbocycles. The van der Waals surface area contributed by atoms with Crippen LogP contribution in [0.4, 0.5) is 10.1 Å². The first-order valence-electron chi connectivity index (χ1n) is 8.59. The van der Waals surface area contributed by atoms with Gasteiger partial charge in [0.1, 0.15) is 18.0 Å². The Labute approximate surface area is 140 Å². The molecule has 1 aliphatic heterocycles. The smallest absolute Gasteiger partial charge is 0.164 e. The van der Waals surface area contributed by atoms with E-state index >= 15 is 0 Å². The number of aromatic nitrogens is 3. The van der Waals surface area contributed by atoms with Crippen LogP contribution in [0.2, 0.25) is 0 Å². The summed E-state index contributed by atoms with van der Waals surface area (Å²) in [5.74, 6) is 0.627. The highest BCUT2D eigenvalue weighted by atomic mass is 19.1. The van der Waals surface area contributed by atoms with Gasteiger partial charge in [-0.2, -0.15) is 0 Å². The largest absolute Gasteiger partial charge is 0.370 e. The quantitative estimate of drug-likeness (QED) is 0.808. The van der Waals surface area contributed by atoms with Crippen molar-refractivity contribution in [3.8, 4) is 0 Å². The minimum atomic E-state index is -0.441. The Bertz CT molecular complexity index is 768. The second-order valence-electron chi connectivity index (χ2n) is 6.80. The Morgan fingerprint density at radius 2 is 2.12 bits per heavy atom. The van der Waals surface area contributed by atoms with Gasteiger partial charge in [-0.1, -0.05) is 6.07 Å². The summed E-state index contributed by atoms with van der Waals surface area (Å²) in [6.07, 6.45) is 6.26. The van der Waals surface area contributed by atoms with E-state index in [9.17, 15) is 9.18 Å². The van der Waals surface area contributed by atoms with Gasteiger partial charge < -0.3 is 9.47 Å². The van der Waals surface area contributed by atoms with Crippen LogP contribution in [-0.4, -0.2) is 33.6 Å². The molecule has 4 rings (SSSR count). The number of benzene rings is 1. The van der Waals surface area contributed by atoms with E-state index in [0.29, 0.717) is 11.7 Å².